The van der Waals surface area contributed by atoms with Crippen molar-refractivity contribution in [1.29, 1.82) is 0 Å². The summed E-state index contributed by atoms with van der Waals surface area (Å²) in [5, 5.41) is 0. The first-order valence-corrected chi connectivity index (χ1v) is 7.81. The lowest BCUT2D eigenvalue weighted by Crippen LogP contribution is -2.16. The van der Waals surface area contributed by atoms with Crippen molar-refractivity contribution in [2.75, 3.05) is 25.1 Å². The topological polar surface area (TPSA) is 77.4 Å². The minimum absolute atomic E-state index is 0.0976. The van der Waals surface area contributed by atoms with Gasteiger partial charge < -0.3 is 19.8 Å². The summed E-state index contributed by atoms with van der Waals surface area (Å²) in [4.78, 5) is 10.5. The van der Waals surface area contributed by atoms with Crippen molar-refractivity contribution < 1.29 is 13.5 Å². The number of benzene rings is 1. The molecule has 0 fully saturated rings. The third-order valence-corrected chi connectivity index (χ3v) is 3.66. The predicted molar refractivity (Wildman–Crippen MR) is 94.1 cm³/mol. The largest absolute Gasteiger partial charge is 0.489 e. The number of halogens is 1. The Labute approximate surface area is 144 Å². The Morgan fingerprint density at radius 2 is 2.28 bits per heavy atom. The van der Waals surface area contributed by atoms with Gasteiger partial charge in [-0.2, -0.15) is 4.98 Å². The molecule has 2 aromatic heterocycles. The zero-order chi connectivity index (χ0) is 17.6. The highest BCUT2D eigenvalue weighted by molar-refractivity contribution is 5.76. The van der Waals surface area contributed by atoms with E-state index >= 15 is 0 Å². The minimum atomic E-state index is 0.0976. The first-order chi connectivity index (χ1) is 12.2. The summed E-state index contributed by atoms with van der Waals surface area (Å²) in [5.41, 5.74) is 8.18. The number of hydrogen-bond donors (Lipinski definition) is 1. The fourth-order valence-electron chi connectivity index (χ4n) is 2.29. The summed E-state index contributed by atoms with van der Waals surface area (Å²) in [6, 6.07) is 9.68. The van der Waals surface area contributed by atoms with E-state index in [1.807, 2.05) is 24.1 Å². The standard InChI is InChI=1S/C18H19FN4O2/c1-23(11-13-3-2-6-21-10-13)18-22-16-5-4-15(7-17(16)25-18)24-12-14(8-19)9-20/h2-8,10H,9,11-12,20H2,1H3/b14-8+. The number of pyridine rings is 1. The molecule has 7 heteroatoms. The van der Waals surface area contributed by atoms with Gasteiger partial charge >= 0.3 is 0 Å². The molecule has 0 atom stereocenters. The van der Waals surface area contributed by atoms with Crippen LogP contribution in [0.2, 0.25) is 0 Å². The summed E-state index contributed by atoms with van der Waals surface area (Å²) in [7, 11) is 1.90. The fourth-order valence-corrected chi connectivity index (χ4v) is 2.29. The number of aromatic nitrogens is 2. The van der Waals surface area contributed by atoms with Crippen molar-refractivity contribution >= 4 is 17.1 Å². The molecule has 0 spiro atoms. The maximum Gasteiger partial charge on any atom is 0.298 e. The van der Waals surface area contributed by atoms with E-state index in [9.17, 15) is 4.39 Å². The fraction of sp³-hybridized carbons (Fsp3) is 0.222. The second kappa shape index (κ2) is 7.76. The second-order valence-electron chi connectivity index (χ2n) is 5.60. The Hall–Kier alpha value is -2.93. The molecule has 0 amide bonds. The molecule has 0 aliphatic carbocycles. The molecule has 25 heavy (non-hydrogen) atoms. The zero-order valence-corrected chi connectivity index (χ0v) is 13.9. The minimum Gasteiger partial charge on any atom is -0.489 e. The molecule has 0 aliphatic heterocycles. The number of rotatable bonds is 7. The summed E-state index contributed by atoms with van der Waals surface area (Å²) in [6.07, 6.45) is 4.01. The Bertz CT molecular complexity index is 864. The molecule has 0 bridgehead atoms. The van der Waals surface area contributed by atoms with Crippen LogP contribution in [0.25, 0.3) is 11.1 Å². The van der Waals surface area contributed by atoms with Crippen LogP contribution >= 0.6 is 0 Å². The highest BCUT2D eigenvalue weighted by Crippen LogP contribution is 2.26. The van der Waals surface area contributed by atoms with Gasteiger partial charge in [0.05, 0.1) is 6.33 Å². The average Bonchev–Trinajstić information content (AvgIpc) is 3.07. The Morgan fingerprint density at radius 3 is 3.00 bits per heavy atom. The number of oxazole rings is 1. The van der Waals surface area contributed by atoms with Crippen molar-refractivity contribution in [1.82, 2.24) is 9.97 Å². The van der Waals surface area contributed by atoms with Crippen LogP contribution < -0.4 is 15.4 Å². The van der Waals surface area contributed by atoms with Gasteiger partial charge in [-0.05, 0) is 23.8 Å². The molecular formula is C18H19FN4O2. The van der Waals surface area contributed by atoms with Gasteiger partial charge in [0.2, 0.25) is 0 Å². The van der Waals surface area contributed by atoms with E-state index < -0.39 is 0 Å². The van der Waals surface area contributed by atoms with Crippen LogP contribution in [0.1, 0.15) is 5.56 Å². The molecule has 3 aromatic rings. The predicted octanol–water partition coefficient (Wildman–Crippen LogP) is 3.05. The molecule has 3 rings (SSSR count). The molecule has 0 aliphatic rings. The third kappa shape index (κ3) is 4.13. The molecule has 6 nitrogen and oxygen atoms in total. The van der Waals surface area contributed by atoms with Crippen molar-refractivity contribution in [3.05, 3.63) is 60.2 Å². The van der Waals surface area contributed by atoms with E-state index in [0.717, 1.165) is 11.1 Å². The molecule has 0 saturated heterocycles. The number of hydrogen-bond acceptors (Lipinski definition) is 6. The Morgan fingerprint density at radius 1 is 1.40 bits per heavy atom. The van der Waals surface area contributed by atoms with Crippen molar-refractivity contribution in [2.24, 2.45) is 5.73 Å². The molecular weight excluding hydrogens is 323 g/mol. The lowest BCUT2D eigenvalue weighted by atomic mass is 10.3. The van der Waals surface area contributed by atoms with E-state index in [4.69, 9.17) is 14.9 Å². The van der Waals surface area contributed by atoms with E-state index in [-0.39, 0.29) is 13.2 Å². The van der Waals surface area contributed by atoms with Gasteiger partial charge in [-0.3, -0.25) is 4.98 Å². The highest BCUT2D eigenvalue weighted by Gasteiger charge is 2.12. The van der Waals surface area contributed by atoms with Gasteiger partial charge in [0.15, 0.2) is 5.58 Å². The van der Waals surface area contributed by atoms with Gasteiger partial charge in [-0.15, -0.1) is 0 Å². The summed E-state index contributed by atoms with van der Waals surface area (Å²) < 4.78 is 23.9. The molecule has 1 aromatic carbocycles. The maximum absolute atomic E-state index is 12.5. The van der Waals surface area contributed by atoms with Gasteiger partial charge in [0.25, 0.3) is 6.01 Å². The monoisotopic (exact) mass is 342 g/mol. The Balaban J connectivity index is 1.73. The Kier molecular flexibility index (Phi) is 5.25. The lowest BCUT2D eigenvalue weighted by molar-refractivity contribution is 0.347. The normalized spacial score (nSPS) is 11.7. The van der Waals surface area contributed by atoms with Gasteiger partial charge in [-0.1, -0.05) is 6.07 Å². The van der Waals surface area contributed by atoms with Crippen LogP contribution in [0.3, 0.4) is 0 Å². The number of nitrogens with zero attached hydrogens (tertiary/aromatic N) is 3. The van der Waals surface area contributed by atoms with E-state index in [1.54, 1.807) is 30.6 Å². The first kappa shape index (κ1) is 16.9. The van der Waals surface area contributed by atoms with E-state index in [0.29, 0.717) is 35.8 Å². The van der Waals surface area contributed by atoms with Crippen LogP contribution in [0.15, 0.2) is 59.0 Å². The average molecular weight is 342 g/mol. The second-order valence-corrected chi connectivity index (χ2v) is 5.60. The number of nitrogens with two attached hydrogens (primary N) is 1. The molecule has 0 saturated carbocycles. The number of ether oxygens (including phenoxy) is 1. The van der Waals surface area contributed by atoms with Crippen LogP contribution in [-0.2, 0) is 6.54 Å². The van der Waals surface area contributed by atoms with E-state index in [2.05, 4.69) is 9.97 Å². The van der Waals surface area contributed by atoms with Gasteiger partial charge in [0, 0.05) is 44.2 Å². The van der Waals surface area contributed by atoms with Crippen molar-refractivity contribution in [3.63, 3.8) is 0 Å². The van der Waals surface area contributed by atoms with Gasteiger partial charge in [0.1, 0.15) is 17.9 Å². The van der Waals surface area contributed by atoms with Crippen LogP contribution in [0.5, 0.6) is 5.75 Å². The quantitative estimate of drug-likeness (QED) is 0.711. The molecule has 2 N–H and O–H groups in total. The molecule has 0 unspecified atom stereocenters. The maximum atomic E-state index is 12.5. The molecule has 130 valence electrons. The number of fused-ring (bicyclic) bond motifs is 1. The number of anilines is 1. The smallest absolute Gasteiger partial charge is 0.298 e. The van der Waals surface area contributed by atoms with Crippen LogP contribution in [0, 0.1) is 0 Å². The van der Waals surface area contributed by atoms with Crippen molar-refractivity contribution in [2.45, 2.75) is 6.54 Å². The molecule has 0 radical (unpaired) electrons. The summed E-state index contributed by atoms with van der Waals surface area (Å²) in [5.74, 6) is 0.568. The van der Waals surface area contributed by atoms with Crippen LogP contribution in [-0.4, -0.2) is 30.2 Å². The summed E-state index contributed by atoms with van der Waals surface area (Å²) >= 11 is 0. The third-order valence-electron chi connectivity index (χ3n) is 3.66. The highest BCUT2D eigenvalue weighted by atomic mass is 19.1. The SMILES string of the molecule is CN(Cc1cccnc1)c1nc2ccc(OC/C(=C/F)CN)cc2o1. The van der Waals surface area contributed by atoms with Gasteiger partial charge in [-0.25, -0.2) is 4.39 Å². The van der Waals surface area contributed by atoms with Crippen molar-refractivity contribution in [3.8, 4) is 5.75 Å². The van der Waals surface area contributed by atoms with E-state index in [1.165, 1.54) is 0 Å². The zero-order valence-electron chi connectivity index (χ0n) is 13.9. The first-order valence-electron chi connectivity index (χ1n) is 7.81. The van der Waals surface area contributed by atoms with Crippen LogP contribution in [0.4, 0.5) is 10.4 Å². The lowest BCUT2D eigenvalue weighted by Gasteiger charge is -2.13. The molecule has 2 heterocycles. The summed E-state index contributed by atoms with van der Waals surface area (Å²) in [6.45, 7) is 0.843.